The Morgan fingerprint density at radius 2 is 1.58 bits per heavy atom. The summed E-state index contributed by atoms with van der Waals surface area (Å²) in [5.74, 6) is 0.280. The van der Waals surface area contributed by atoms with Gasteiger partial charge in [-0.2, -0.15) is 13.2 Å². The van der Waals surface area contributed by atoms with Gasteiger partial charge in [-0.3, -0.25) is 0 Å². The fourth-order valence-corrected chi connectivity index (χ4v) is 3.25. The summed E-state index contributed by atoms with van der Waals surface area (Å²) < 4.78 is 41.7. The molecule has 128 valence electrons. The zero-order valence-corrected chi connectivity index (χ0v) is 14.4. The van der Waals surface area contributed by atoms with Gasteiger partial charge >= 0.3 is 11.5 Å². The van der Waals surface area contributed by atoms with Crippen LogP contribution in [0.5, 0.6) is 0 Å². The monoisotopic (exact) mass is 372 g/mol. The maximum Gasteiger partial charge on any atom is 0.446 e. The second-order valence-corrected chi connectivity index (χ2v) is 6.91. The van der Waals surface area contributed by atoms with Crippen LogP contribution < -0.4 is 0 Å². The molecule has 2 rings (SSSR count). The summed E-state index contributed by atoms with van der Waals surface area (Å²) in [7, 11) is 0. The van der Waals surface area contributed by atoms with Crippen LogP contribution in [0.15, 0.2) is 58.3 Å². The molecule has 0 saturated carbocycles. The summed E-state index contributed by atoms with van der Waals surface area (Å²) in [5.41, 5.74) is -2.84. The zero-order chi connectivity index (χ0) is 17.6. The Hall–Kier alpha value is -1.60. The Kier molecular flexibility index (Phi) is 6.62. The first kappa shape index (κ1) is 18.7. The molecule has 2 aromatic rings. The maximum atomic E-state index is 12.3. The van der Waals surface area contributed by atoms with Crippen molar-refractivity contribution in [3.63, 3.8) is 0 Å². The number of hydrogen-bond donors (Lipinski definition) is 0. The first-order chi connectivity index (χ1) is 11.4. The molecule has 0 aliphatic heterocycles. The number of carbonyl (C=O) groups is 1. The molecule has 0 aromatic heterocycles. The topological polar surface area (TPSA) is 26.3 Å². The molecule has 0 saturated heterocycles. The summed E-state index contributed by atoms with van der Waals surface area (Å²) in [6.45, 7) is 2.08. The van der Waals surface area contributed by atoms with Crippen molar-refractivity contribution in [1.82, 2.24) is 0 Å². The second-order valence-electron chi connectivity index (χ2n) is 4.73. The van der Waals surface area contributed by atoms with Crippen molar-refractivity contribution in [2.75, 3.05) is 6.61 Å². The van der Waals surface area contributed by atoms with Crippen LogP contribution in [0.1, 0.15) is 22.8 Å². The van der Waals surface area contributed by atoms with Gasteiger partial charge in [-0.05, 0) is 60.6 Å². The van der Waals surface area contributed by atoms with Crippen molar-refractivity contribution >= 4 is 29.5 Å². The second kappa shape index (κ2) is 8.48. The van der Waals surface area contributed by atoms with E-state index in [9.17, 15) is 18.0 Å². The molecular formula is C17H15F3O2S2. The number of alkyl halides is 3. The van der Waals surface area contributed by atoms with E-state index in [-0.39, 0.29) is 22.6 Å². The molecule has 0 atom stereocenters. The van der Waals surface area contributed by atoms with Crippen LogP contribution in [0.4, 0.5) is 13.2 Å². The molecule has 0 aliphatic rings. The van der Waals surface area contributed by atoms with E-state index >= 15 is 0 Å². The first-order valence-electron chi connectivity index (χ1n) is 7.12. The first-order valence-corrected chi connectivity index (χ1v) is 8.92. The fourth-order valence-electron chi connectivity index (χ4n) is 1.86. The van der Waals surface area contributed by atoms with Crippen LogP contribution in [0, 0.1) is 0 Å². The summed E-state index contributed by atoms with van der Waals surface area (Å²) in [5, 5.41) is 0. The van der Waals surface area contributed by atoms with E-state index in [1.54, 1.807) is 43.0 Å². The lowest BCUT2D eigenvalue weighted by atomic mass is 10.2. The summed E-state index contributed by atoms with van der Waals surface area (Å²) in [4.78, 5) is 12.7. The van der Waals surface area contributed by atoms with Gasteiger partial charge in [0.1, 0.15) is 0 Å². The van der Waals surface area contributed by atoms with E-state index in [1.165, 1.54) is 12.1 Å². The molecule has 0 radical (unpaired) electrons. The minimum Gasteiger partial charge on any atom is -0.462 e. The van der Waals surface area contributed by atoms with Gasteiger partial charge < -0.3 is 4.74 Å². The highest BCUT2D eigenvalue weighted by Crippen LogP contribution is 2.37. The lowest BCUT2D eigenvalue weighted by molar-refractivity contribution is -0.0328. The lowest BCUT2D eigenvalue weighted by Gasteiger charge is -2.07. The molecule has 24 heavy (non-hydrogen) atoms. The van der Waals surface area contributed by atoms with Crippen molar-refractivity contribution in [3.8, 4) is 0 Å². The molecule has 7 heteroatoms. The van der Waals surface area contributed by atoms with Crippen LogP contribution in [0.3, 0.4) is 0 Å². The van der Waals surface area contributed by atoms with E-state index in [1.807, 2.05) is 12.1 Å². The van der Waals surface area contributed by atoms with Gasteiger partial charge in [0.15, 0.2) is 0 Å². The lowest BCUT2D eigenvalue weighted by Crippen LogP contribution is -2.03. The van der Waals surface area contributed by atoms with Crippen LogP contribution in [0.25, 0.3) is 0 Å². The van der Waals surface area contributed by atoms with Crippen LogP contribution in [-0.4, -0.2) is 18.1 Å². The molecule has 2 nitrogen and oxygen atoms in total. The molecule has 0 bridgehead atoms. The molecule has 0 amide bonds. The third kappa shape index (κ3) is 6.13. The summed E-state index contributed by atoms with van der Waals surface area (Å²) in [6, 6.07) is 13.4. The third-order valence-corrected chi connectivity index (χ3v) is 4.75. The quantitative estimate of drug-likeness (QED) is 0.475. The highest BCUT2D eigenvalue weighted by molar-refractivity contribution is 8.00. The van der Waals surface area contributed by atoms with Crippen LogP contribution in [0.2, 0.25) is 0 Å². The number of ether oxygens (including phenoxy) is 1. The summed E-state index contributed by atoms with van der Waals surface area (Å²) in [6.07, 6.45) is 0. The predicted octanol–water partition coefficient (Wildman–Crippen LogP) is 5.77. The predicted molar refractivity (Wildman–Crippen MR) is 90.3 cm³/mol. The van der Waals surface area contributed by atoms with Gasteiger partial charge in [-0.1, -0.05) is 12.1 Å². The molecule has 0 fully saturated rings. The number of halogens is 3. The van der Waals surface area contributed by atoms with Crippen molar-refractivity contribution in [3.05, 3.63) is 59.7 Å². The zero-order valence-electron chi connectivity index (χ0n) is 12.8. The highest BCUT2D eigenvalue weighted by Gasteiger charge is 2.28. The number of carbonyl (C=O) groups excluding carboxylic acids is 1. The standard InChI is InChI=1S/C17H15F3O2S2/c1-2-22-16(21)13-5-9-14(10-6-13)23-11-12-3-7-15(8-4-12)24-17(18,19)20/h3-10H,2,11H2,1H3. The van der Waals surface area contributed by atoms with Crippen molar-refractivity contribution in [1.29, 1.82) is 0 Å². The summed E-state index contributed by atoms with van der Waals surface area (Å²) >= 11 is 1.43. The van der Waals surface area contributed by atoms with Crippen LogP contribution in [-0.2, 0) is 10.5 Å². The van der Waals surface area contributed by atoms with Gasteiger partial charge in [0, 0.05) is 15.5 Å². The largest absolute Gasteiger partial charge is 0.462 e. The average Bonchev–Trinajstić information content (AvgIpc) is 2.53. The van der Waals surface area contributed by atoms with Crippen molar-refractivity contribution in [2.45, 2.75) is 28.0 Å². The van der Waals surface area contributed by atoms with E-state index in [2.05, 4.69) is 0 Å². The van der Waals surface area contributed by atoms with E-state index in [0.29, 0.717) is 17.9 Å². The number of esters is 1. The Balaban J connectivity index is 1.90. The van der Waals surface area contributed by atoms with Crippen molar-refractivity contribution in [2.24, 2.45) is 0 Å². The molecular weight excluding hydrogens is 357 g/mol. The van der Waals surface area contributed by atoms with Gasteiger partial charge in [-0.15, -0.1) is 11.8 Å². The normalized spacial score (nSPS) is 11.3. The Bertz CT molecular complexity index is 668. The number of hydrogen-bond acceptors (Lipinski definition) is 4. The molecule has 0 heterocycles. The number of benzene rings is 2. The minimum atomic E-state index is -4.27. The van der Waals surface area contributed by atoms with E-state index < -0.39 is 5.51 Å². The maximum absolute atomic E-state index is 12.3. The van der Waals surface area contributed by atoms with Crippen LogP contribution >= 0.6 is 23.5 Å². The molecule has 2 aromatic carbocycles. The number of thioether (sulfide) groups is 2. The fraction of sp³-hybridized carbons (Fsp3) is 0.235. The Labute approximate surface area is 146 Å². The van der Waals surface area contributed by atoms with Crippen molar-refractivity contribution < 1.29 is 22.7 Å². The highest BCUT2D eigenvalue weighted by atomic mass is 32.2. The minimum absolute atomic E-state index is 0.118. The van der Waals surface area contributed by atoms with E-state index in [0.717, 1.165) is 10.5 Å². The van der Waals surface area contributed by atoms with Gasteiger partial charge in [0.25, 0.3) is 0 Å². The third-order valence-electron chi connectivity index (χ3n) is 2.93. The molecule has 0 spiro atoms. The molecule has 0 unspecified atom stereocenters. The number of rotatable bonds is 6. The Morgan fingerprint density at radius 3 is 2.12 bits per heavy atom. The SMILES string of the molecule is CCOC(=O)c1ccc(SCc2ccc(SC(F)(F)F)cc2)cc1. The van der Waals surface area contributed by atoms with Gasteiger partial charge in [0.05, 0.1) is 12.2 Å². The average molecular weight is 372 g/mol. The Morgan fingerprint density at radius 1 is 1.00 bits per heavy atom. The van der Waals surface area contributed by atoms with Gasteiger partial charge in [0.2, 0.25) is 0 Å². The molecule has 0 aliphatic carbocycles. The molecule has 0 N–H and O–H groups in total. The smallest absolute Gasteiger partial charge is 0.446 e. The van der Waals surface area contributed by atoms with E-state index in [4.69, 9.17) is 4.74 Å². The van der Waals surface area contributed by atoms with Gasteiger partial charge in [-0.25, -0.2) is 4.79 Å².